The lowest BCUT2D eigenvalue weighted by Gasteiger charge is -2.32. The number of rotatable bonds is 5. The Labute approximate surface area is 122 Å². The number of amides is 1. The number of nitrogens with one attached hydrogen (secondary N) is 2. The van der Waals surface area contributed by atoms with E-state index in [1.54, 1.807) is 27.7 Å². The van der Waals surface area contributed by atoms with Crippen molar-refractivity contribution in [3.8, 4) is 0 Å². The van der Waals surface area contributed by atoms with Crippen molar-refractivity contribution < 1.29 is 17.9 Å². The minimum atomic E-state index is -3.29. The van der Waals surface area contributed by atoms with Gasteiger partial charge in [-0.2, -0.15) is 0 Å². The van der Waals surface area contributed by atoms with E-state index in [1.807, 2.05) is 20.8 Å². The molecule has 1 atom stereocenters. The van der Waals surface area contributed by atoms with Gasteiger partial charge in [-0.25, -0.2) is 17.9 Å². The molecule has 0 fully saturated rings. The summed E-state index contributed by atoms with van der Waals surface area (Å²) in [7, 11) is -3.29. The van der Waals surface area contributed by atoms with Crippen LogP contribution in [0.4, 0.5) is 4.79 Å². The molecule has 2 N–H and O–H groups in total. The van der Waals surface area contributed by atoms with Crippen molar-refractivity contribution in [2.75, 3.05) is 12.3 Å². The predicted molar refractivity (Wildman–Crippen MR) is 80.1 cm³/mol. The summed E-state index contributed by atoms with van der Waals surface area (Å²) in [5.74, 6) is 0.0102. The summed E-state index contributed by atoms with van der Waals surface area (Å²) in [6.07, 6.45) is -0.548. The zero-order chi connectivity index (χ0) is 16.2. The van der Waals surface area contributed by atoms with E-state index in [0.29, 0.717) is 0 Å². The first-order valence-electron chi connectivity index (χ1n) is 6.73. The number of sulfonamides is 1. The van der Waals surface area contributed by atoms with Gasteiger partial charge in [-0.05, 0) is 33.1 Å². The van der Waals surface area contributed by atoms with E-state index in [2.05, 4.69) is 10.0 Å². The van der Waals surface area contributed by atoms with E-state index in [-0.39, 0.29) is 23.8 Å². The molecule has 0 unspecified atom stereocenters. The third kappa shape index (κ3) is 8.37. The minimum absolute atomic E-state index is 0.0102. The molecule has 1 amide bonds. The molecule has 7 heteroatoms. The molecule has 0 rings (SSSR count). The van der Waals surface area contributed by atoms with Crippen LogP contribution in [0.15, 0.2) is 0 Å². The van der Waals surface area contributed by atoms with Gasteiger partial charge in [0.05, 0.1) is 11.8 Å². The van der Waals surface area contributed by atoms with Crippen LogP contribution in [0.1, 0.15) is 48.5 Å². The molecule has 0 saturated heterocycles. The Morgan fingerprint density at radius 1 is 1.15 bits per heavy atom. The first-order valence-corrected chi connectivity index (χ1v) is 8.39. The van der Waals surface area contributed by atoms with Crippen LogP contribution in [0.5, 0.6) is 0 Å². The summed E-state index contributed by atoms with van der Waals surface area (Å²) in [5, 5.41) is 2.72. The number of alkyl carbamates (subject to hydrolysis) is 1. The lowest BCUT2D eigenvalue weighted by atomic mass is 9.87. The SMILES string of the molecule is CCS(=O)(=O)NC[C@@H](NC(=O)OC(C)(C)C)C(C)(C)C. The Hall–Kier alpha value is -0.820. The van der Waals surface area contributed by atoms with Crippen molar-refractivity contribution in [3.63, 3.8) is 0 Å². The monoisotopic (exact) mass is 308 g/mol. The van der Waals surface area contributed by atoms with E-state index in [4.69, 9.17) is 4.74 Å². The first-order chi connectivity index (χ1) is 8.77. The third-order valence-corrected chi connectivity index (χ3v) is 3.99. The molecule has 0 radical (unpaired) electrons. The average Bonchev–Trinajstić information content (AvgIpc) is 2.20. The zero-order valence-electron chi connectivity index (χ0n) is 13.5. The molecule has 6 nitrogen and oxygen atoms in total. The van der Waals surface area contributed by atoms with Gasteiger partial charge in [0.25, 0.3) is 0 Å². The van der Waals surface area contributed by atoms with Gasteiger partial charge in [0.1, 0.15) is 5.60 Å². The number of carbonyl (C=O) groups is 1. The molecule has 0 aliphatic rings. The van der Waals surface area contributed by atoms with Crippen molar-refractivity contribution in [2.24, 2.45) is 5.41 Å². The van der Waals surface area contributed by atoms with Gasteiger partial charge < -0.3 is 10.1 Å². The molecule has 0 aliphatic heterocycles. The average molecular weight is 308 g/mol. The third-order valence-electron chi connectivity index (χ3n) is 2.62. The molecule has 120 valence electrons. The van der Waals surface area contributed by atoms with E-state index in [0.717, 1.165) is 0 Å². The second-order valence-corrected chi connectivity index (χ2v) is 8.91. The molecular formula is C13H28N2O4S. The fourth-order valence-electron chi connectivity index (χ4n) is 1.34. The van der Waals surface area contributed by atoms with E-state index >= 15 is 0 Å². The Morgan fingerprint density at radius 3 is 2.00 bits per heavy atom. The topological polar surface area (TPSA) is 84.5 Å². The second-order valence-electron chi connectivity index (χ2n) is 6.82. The maximum atomic E-state index is 11.8. The van der Waals surface area contributed by atoms with Gasteiger partial charge in [-0.3, -0.25) is 0 Å². The fourth-order valence-corrected chi connectivity index (χ4v) is 1.96. The van der Waals surface area contributed by atoms with Crippen LogP contribution < -0.4 is 10.0 Å². The maximum Gasteiger partial charge on any atom is 0.407 e. The fraction of sp³-hybridized carbons (Fsp3) is 0.923. The van der Waals surface area contributed by atoms with Gasteiger partial charge in [-0.15, -0.1) is 0 Å². The highest BCUT2D eigenvalue weighted by Gasteiger charge is 2.29. The zero-order valence-corrected chi connectivity index (χ0v) is 14.3. The molecule has 0 aromatic rings. The largest absolute Gasteiger partial charge is 0.444 e. The summed E-state index contributed by atoms with van der Waals surface area (Å²) in [6, 6.07) is -0.362. The van der Waals surface area contributed by atoms with Crippen molar-refractivity contribution in [1.29, 1.82) is 0 Å². The van der Waals surface area contributed by atoms with Crippen LogP contribution in [-0.4, -0.2) is 38.5 Å². The molecule has 0 aromatic heterocycles. The highest BCUT2D eigenvalue weighted by atomic mass is 32.2. The summed E-state index contributed by atoms with van der Waals surface area (Å²) in [5.41, 5.74) is -0.886. The van der Waals surface area contributed by atoms with Crippen LogP contribution in [0.25, 0.3) is 0 Å². The number of carbonyl (C=O) groups excluding carboxylic acids is 1. The highest BCUT2D eigenvalue weighted by Crippen LogP contribution is 2.19. The highest BCUT2D eigenvalue weighted by molar-refractivity contribution is 7.89. The van der Waals surface area contributed by atoms with Gasteiger partial charge >= 0.3 is 6.09 Å². The molecule has 0 spiro atoms. The van der Waals surface area contributed by atoms with Gasteiger partial charge in [-0.1, -0.05) is 20.8 Å². The smallest absolute Gasteiger partial charge is 0.407 e. The molecule has 0 saturated carbocycles. The summed E-state index contributed by atoms with van der Waals surface area (Å²) >= 11 is 0. The van der Waals surface area contributed by atoms with E-state index in [9.17, 15) is 13.2 Å². The van der Waals surface area contributed by atoms with Crippen LogP contribution >= 0.6 is 0 Å². The van der Waals surface area contributed by atoms with Crippen molar-refractivity contribution in [1.82, 2.24) is 10.0 Å². The number of hydrogen-bond donors (Lipinski definition) is 2. The lowest BCUT2D eigenvalue weighted by molar-refractivity contribution is 0.0466. The van der Waals surface area contributed by atoms with E-state index in [1.165, 1.54) is 0 Å². The standard InChI is InChI=1S/C13H28N2O4S/c1-8-20(17,18)14-9-10(12(2,3)4)15-11(16)19-13(5,6)7/h10,14H,8-9H2,1-7H3,(H,15,16)/t10-/m1/s1. The first kappa shape index (κ1) is 19.2. The normalized spacial score (nSPS) is 14.8. The Morgan fingerprint density at radius 2 is 1.65 bits per heavy atom. The van der Waals surface area contributed by atoms with Crippen molar-refractivity contribution >= 4 is 16.1 Å². The quantitative estimate of drug-likeness (QED) is 0.812. The van der Waals surface area contributed by atoms with Gasteiger partial charge in [0, 0.05) is 6.54 Å². The maximum absolute atomic E-state index is 11.8. The lowest BCUT2D eigenvalue weighted by Crippen LogP contribution is -2.51. The van der Waals surface area contributed by atoms with Crippen LogP contribution in [0.2, 0.25) is 0 Å². The molecule has 20 heavy (non-hydrogen) atoms. The second kappa shape index (κ2) is 6.76. The Balaban J connectivity index is 4.73. The van der Waals surface area contributed by atoms with Crippen LogP contribution in [0, 0.1) is 5.41 Å². The molecule has 0 bridgehead atoms. The Kier molecular flexibility index (Phi) is 6.48. The van der Waals surface area contributed by atoms with E-state index < -0.39 is 21.7 Å². The Bertz CT molecular complexity index is 419. The number of hydrogen-bond acceptors (Lipinski definition) is 4. The van der Waals surface area contributed by atoms with Crippen molar-refractivity contribution in [2.45, 2.75) is 60.1 Å². The van der Waals surface area contributed by atoms with Crippen LogP contribution in [-0.2, 0) is 14.8 Å². The molecule has 0 aromatic carbocycles. The summed E-state index contributed by atoms with van der Waals surface area (Å²) < 4.78 is 30.7. The molecular weight excluding hydrogens is 280 g/mol. The minimum Gasteiger partial charge on any atom is -0.444 e. The van der Waals surface area contributed by atoms with Crippen molar-refractivity contribution in [3.05, 3.63) is 0 Å². The summed E-state index contributed by atoms with van der Waals surface area (Å²) in [4.78, 5) is 11.8. The summed E-state index contributed by atoms with van der Waals surface area (Å²) in [6.45, 7) is 12.8. The number of ether oxygens (including phenoxy) is 1. The van der Waals surface area contributed by atoms with Crippen LogP contribution in [0.3, 0.4) is 0 Å². The predicted octanol–water partition coefficient (Wildman–Crippen LogP) is 1.87. The van der Waals surface area contributed by atoms with Gasteiger partial charge in [0.15, 0.2) is 0 Å². The molecule has 0 heterocycles. The molecule has 0 aliphatic carbocycles. The van der Waals surface area contributed by atoms with Gasteiger partial charge in [0.2, 0.25) is 10.0 Å².